The van der Waals surface area contributed by atoms with Crippen LogP contribution in [0.2, 0.25) is 0 Å². The number of amides is 1. The van der Waals surface area contributed by atoms with E-state index in [0.717, 1.165) is 11.1 Å². The summed E-state index contributed by atoms with van der Waals surface area (Å²) in [6.45, 7) is 1.32. The molecule has 0 bridgehead atoms. The van der Waals surface area contributed by atoms with Crippen LogP contribution in [0.1, 0.15) is 12.5 Å². The third-order valence-corrected chi connectivity index (χ3v) is 4.58. The molecule has 7 nitrogen and oxygen atoms in total. The maximum absolute atomic E-state index is 13.4. The van der Waals surface area contributed by atoms with Crippen molar-refractivity contribution in [3.05, 3.63) is 84.4 Å². The van der Waals surface area contributed by atoms with Crippen LogP contribution >= 0.6 is 0 Å². The van der Waals surface area contributed by atoms with Gasteiger partial charge in [-0.25, -0.2) is 4.39 Å². The van der Waals surface area contributed by atoms with E-state index in [1.54, 1.807) is 60.9 Å². The van der Waals surface area contributed by atoms with Gasteiger partial charge in [-0.1, -0.05) is 17.3 Å². The second kappa shape index (κ2) is 9.22. The summed E-state index contributed by atoms with van der Waals surface area (Å²) in [6.07, 6.45) is 3.31. The molecule has 32 heavy (non-hydrogen) atoms. The van der Waals surface area contributed by atoms with Crippen LogP contribution < -0.4 is 10.1 Å². The molecule has 0 aliphatic heterocycles. The van der Waals surface area contributed by atoms with Crippen molar-refractivity contribution < 1.29 is 23.2 Å². The zero-order chi connectivity index (χ0) is 22.5. The standard InChI is InChI=1S/C24H18FN3O4/c1-15(29)31-20-8-2-16(3-9-20)14-21(30)27-24-22(17-10-12-26-13-11-17)23(28-32-24)18-4-6-19(25)7-5-18/h2-13H,14H2,1H3,(H,27,30). The van der Waals surface area contributed by atoms with Gasteiger partial charge in [0.05, 0.1) is 12.0 Å². The Kier molecular flexibility index (Phi) is 6.03. The molecule has 160 valence electrons. The van der Waals surface area contributed by atoms with Gasteiger partial charge in [0, 0.05) is 24.9 Å². The second-order valence-corrected chi connectivity index (χ2v) is 6.94. The summed E-state index contributed by atoms with van der Waals surface area (Å²) in [6, 6.07) is 16.0. The number of aromatic nitrogens is 2. The van der Waals surface area contributed by atoms with Crippen molar-refractivity contribution >= 4 is 17.8 Å². The van der Waals surface area contributed by atoms with Gasteiger partial charge in [0.25, 0.3) is 0 Å². The number of nitrogens with one attached hydrogen (secondary N) is 1. The Labute approximate surface area is 182 Å². The summed E-state index contributed by atoms with van der Waals surface area (Å²) < 4.78 is 23.8. The van der Waals surface area contributed by atoms with Crippen molar-refractivity contribution in [2.75, 3.05) is 5.32 Å². The largest absolute Gasteiger partial charge is 0.427 e. The zero-order valence-corrected chi connectivity index (χ0v) is 17.0. The predicted molar refractivity (Wildman–Crippen MR) is 115 cm³/mol. The second-order valence-electron chi connectivity index (χ2n) is 6.94. The van der Waals surface area contributed by atoms with Crippen LogP contribution in [0.25, 0.3) is 22.4 Å². The van der Waals surface area contributed by atoms with Crippen molar-refractivity contribution in [3.8, 4) is 28.1 Å². The maximum atomic E-state index is 13.4. The van der Waals surface area contributed by atoms with E-state index in [1.807, 2.05) is 0 Å². The lowest BCUT2D eigenvalue weighted by Crippen LogP contribution is -2.14. The van der Waals surface area contributed by atoms with Gasteiger partial charge in [-0.05, 0) is 59.7 Å². The van der Waals surface area contributed by atoms with Gasteiger partial charge in [-0.2, -0.15) is 0 Å². The SMILES string of the molecule is CC(=O)Oc1ccc(CC(=O)Nc2onc(-c3ccc(F)cc3)c2-c2ccncc2)cc1. The molecule has 4 rings (SSSR count). The average Bonchev–Trinajstić information content (AvgIpc) is 3.19. The molecule has 0 radical (unpaired) electrons. The van der Waals surface area contributed by atoms with Gasteiger partial charge < -0.3 is 9.26 Å². The Hall–Kier alpha value is -4.33. The number of nitrogens with zero attached hydrogens (tertiary/aromatic N) is 2. The Balaban J connectivity index is 1.58. The molecular formula is C24H18FN3O4. The van der Waals surface area contributed by atoms with Gasteiger partial charge in [-0.3, -0.25) is 19.9 Å². The number of esters is 1. The Morgan fingerprint density at radius 2 is 1.66 bits per heavy atom. The summed E-state index contributed by atoms with van der Waals surface area (Å²) in [4.78, 5) is 27.7. The highest BCUT2D eigenvalue weighted by Crippen LogP contribution is 2.37. The van der Waals surface area contributed by atoms with E-state index >= 15 is 0 Å². The van der Waals surface area contributed by atoms with Crippen LogP contribution in [0.5, 0.6) is 5.75 Å². The van der Waals surface area contributed by atoms with E-state index in [1.165, 1.54) is 19.1 Å². The van der Waals surface area contributed by atoms with Gasteiger partial charge in [0.1, 0.15) is 17.3 Å². The molecule has 1 N–H and O–H groups in total. The summed E-state index contributed by atoms with van der Waals surface area (Å²) >= 11 is 0. The minimum absolute atomic E-state index is 0.0721. The number of carbonyl (C=O) groups excluding carboxylic acids is 2. The number of hydrogen-bond donors (Lipinski definition) is 1. The average molecular weight is 431 g/mol. The fourth-order valence-electron chi connectivity index (χ4n) is 3.16. The molecule has 8 heteroatoms. The molecule has 0 fully saturated rings. The normalized spacial score (nSPS) is 10.6. The lowest BCUT2D eigenvalue weighted by atomic mass is 10.0. The van der Waals surface area contributed by atoms with Gasteiger partial charge in [0.2, 0.25) is 11.8 Å². The predicted octanol–water partition coefficient (Wildman–Crippen LogP) is 4.65. The quantitative estimate of drug-likeness (QED) is 0.353. The fraction of sp³-hybridized carbons (Fsp3) is 0.0833. The number of halogens is 1. The molecule has 0 saturated heterocycles. The summed E-state index contributed by atoms with van der Waals surface area (Å²) in [5.41, 5.74) is 3.14. The monoisotopic (exact) mass is 431 g/mol. The van der Waals surface area contributed by atoms with E-state index in [9.17, 15) is 14.0 Å². The lowest BCUT2D eigenvalue weighted by Gasteiger charge is -2.07. The molecule has 0 aliphatic carbocycles. The van der Waals surface area contributed by atoms with Gasteiger partial charge in [0.15, 0.2) is 0 Å². The van der Waals surface area contributed by atoms with Gasteiger partial charge >= 0.3 is 5.97 Å². The Morgan fingerprint density at radius 1 is 0.969 bits per heavy atom. The first-order valence-electron chi connectivity index (χ1n) is 9.73. The zero-order valence-electron chi connectivity index (χ0n) is 17.0. The van der Waals surface area contributed by atoms with Crippen molar-refractivity contribution in [2.24, 2.45) is 0 Å². The van der Waals surface area contributed by atoms with Crippen LogP contribution in [0.15, 0.2) is 77.6 Å². The number of hydrogen-bond acceptors (Lipinski definition) is 6. The molecule has 4 aromatic rings. The van der Waals surface area contributed by atoms with E-state index in [4.69, 9.17) is 9.26 Å². The van der Waals surface area contributed by atoms with Crippen LogP contribution in [0, 0.1) is 5.82 Å². The number of rotatable bonds is 6. The number of anilines is 1. The highest BCUT2D eigenvalue weighted by atomic mass is 19.1. The fourth-order valence-corrected chi connectivity index (χ4v) is 3.16. The molecule has 0 atom stereocenters. The highest BCUT2D eigenvalue weighted by molar-refractivity contribution is 5.97. The molecule has 0 aliphatic rings. The minimum Gasteiger partial charge on any atom is -0.427 e. The molecule has 0 spiro atoms. The van der Waals surface area contributed by atoms with Crippen LogP contribution in [-0.2, 0) is 16.0 Å². The summed E-state index contributed by atoms with van der Waals surface area (Å²) in [5.74, 6) is -0.516. The van der Waals surface area contributed by atoms with E-state index in [-0.39, 0.29) is 24.0 Å². The van der Waals surface area contributed by atoms with E-state index in [2.05, 4.69) is 15.5 Å². The van der Waals surface area contributed by atoms with Gasteiger partial charge in [-0.15, -0.1) is 0 Å². The van der Waals surface area contributed by atoms with Crippen molar-refractivity contribution in [1.82, 2.24) is 10.1 Å². The molecule has 0 saturated carbocycles. The number of carbonyl (C=O) groups is 2. The third kappa shape index (κ3) is 4.86. The minimum atomic E-state index is -0.415. The Bertz CT molecular complexity index is 1240. The van der Waals surface area contributed by atoms with Crippen LogP contribution in [0.4, 0.5) is 10.3 Å². The van der Waals surface area contributed by atoms with E-state index < -0.39 is 5.97 Å². The van der Waals surface area contributed by atoms with Crippen molar-refractivity contribution in [3.63, 3.8) is 0 Å². The van der Waals surface area contributed by atoms with Crippen molar-refractivity contribution in [1.29, 1.82) is 0 Å². The number of pyridine rings is 1. The molecule has 2 heterocycles. The topological polar surface area (TPSA) is 94.3 Å². The molecular weight excluding hydrogens is 413 g/mol. The molecule has 0 unspecified atom stereocenters. The van der Waals surface area contributed by atoms with E-state index in [0.29, 0.717) is 22.6 Å². The number of ether oxygens (including phenoxy) is 1. The molecule has 1 amide bonds. The number of benzene rings is 2. The van der Waals surface area contributed by atoms with Crippen LogP contribution in [0.3, 0.4) is 0 Å². The lowest BCUT2D eigenvalue weighted by molar-refractivity contribution is -0.131. The highest BCUT2D eigenvalue weighted by Gasteiger charge is 2.21. The maximum Gasteiger partial charge on any atom is 0.308 e. The third-order valence-electron chi connectivity index (χ3n) is 4.58. The summed E-state index contributed by atoms with van der Waals surface area (Å²) in [7, 11) is 0. The molecule has 2 aromatic heterocycles. The Morgan fingerprint density at radius 3 is 2.31 bits per heavy atom. The summed E-state index contributed by atoms with van der Waals surface area (Å²) in [5, 5.41) is 6.87. The molecule has 2 aromatic carbocycles. The first-order chi connectivity index (χ1) is 15.5. The van der Waals surface area contributed by atoms with Crippen molar-refractivity contribution in [2.45, 2.75) is 13.3 Å². The van der Waals surface area contributed by atoms with Crippen LogP contribution in [-0.4, -0.2) is 22.0 Å². The first-order valence-corrected chi connectivity index (χ1v) is 9.73. The first kappa shape index (κ1) is 20.9. The smallest absolute Gasteiger partial charge is 0.308 e.